The highest BCUT2D eigenvalue weighted by atomic mass is 16.4. The summed E-state index contributed by atoms with van der Waals surface area (Å²) in [4.78, 5) is 10.2. The number of nitrogens with one attached hydrogen (secondary N) is 1. The van der Waals surface area contributed by atoms with Crippen molar-refractivity contribution < 1.29 is 9.90 Å². The Kier molecular flexibility index (Phi) is 3.73. The molecule has 3 nitrogen and oxygen atoms in total. The third kappa shape index (κ3) is 3.31. The van der Waals surface area contributed by atoms with E-state index in [2.05, 4.69) is 12.2 Å². The normalized spacial score (nSPS) is 10.4. The molecule has 3 heteroatoms. The maximum Gasteiger partial charge on any atom is 0.329 e. The van der Waals surface area contributed by atoms with Crippen molar-refractivity contribution in [2.45, 2.75) is 13.3 Å². The van der Waals surface area contributed by atoms with Crippen molar-refractivity contribution in [2.75, 3.05) is 5.32 Å². The second-order valence-electron chi connectivity index (χ2n) is 2.87. The highest BCUT2D eigenvalue weighted by molar-refractivity contribution is 5.80. The molecular weight excluding hydrogens is 178 g/mol. The van der Waals surface area contributed by atoms with Crippen LogP contribution in [0.4, 0.5) is 5.69 Å². The minimum atomic E-state index is -0.954. The minimum Gasteiger partial charge on any atom is -0.478 e. The molecule has 0 aliphatic carbocycles. The number of benzene rings is 1. The first-order chi connectivity index (χ1) is 6.72. The molecule has 0 amide bonds. The van der Waals surface area contributed by atoms with Crippen LogP contribution >= 0.6 is 0 Å². The van der Waals surface area contributed by atoms with E-state index in [0.717, 1.165) is 18.2 Å². The van der Waals surface area contributed by atoms with E-state index in [1.54, 1.807) is 0 Å². The molecule has 0 atom stereocenters. The molecule has 0 aromatic heterocycles. The highest BCUT2D eigenvalue weighted by Crippen LogP contribution is 2.10. The number of anilines is 1. The van der Waals surface area contributed by atoms with Crippen LogP contribution in [0.2, 0.25) is 0 Å². The second kappa shape index (κ2) is 5.07. The van der Waals surface area contributed by atoms with Crippen molar-refractivity contribution in [2.24, 2.45) is 0 Å². The summed E-state index contributed by atoms with van der Waals surface area (Å²) in [6.45, 7) is 2.08. The van der Waals surface area contributed by atoms with Crippen LogP contribution in [0.25, 0.3) is 0 Å². The van der Waals surface area contributed by atoms with Crippen LogP contribution in [-0.2, 0) is 11.2 Å². The Morgan fingerprint density at radius 1 is 1.57 bits per heavy atom. The van der Waals surface area contributed by atoms with E-state index in [0.29, 0.717) is 0 Å². The lowest BCUT2D eigenvalue weighted by atomic mass is 10.1. The Bertz CT molecular complexity index is 345. The SMILES string of the molecule is CCc1cccc(N/C=C/C(=O)O)c1. The first-order valence-electron chi connectivity index (χ1n) is 4.47. The van der Waals surface area contributed by atoms with Gasteiger partial charge in [-0.2, -0.15) is 0 Å². The van der Waals surface area contributed by atoms with E-state index in [1.165, 1.54) is 11.8 Å². The summed E-state index contributed by atoms with van der Waals surface area (Å²) in [5.41, 5.74) is 2.13. The van der Waals surface area contributed by atoms with Gasteiger partial charge >= 0.3 is 5.97 Å². The second-order valence-corrected chi connectivity index (χ2v) is 2.87. The molecule has 0 saturated carbocycles. The van der Waals surface area contributed by atoms with Gasteiger partial charge in [-0.3, -0.25) is 0 Å². The van der Waals surface area contributed by atoms with Crippen LogP contribution in [0.15, 0.2) is 36.5 Å². The lowest BCUT2D eigenvalue weighted by Gasteiger charge is -2.02. The van der Waals surface area contributed by atoms with Gasteiger partial charge in [-0.1, -0.05) is 19.1 Å². The van der Waals surface area contributed by atoms with E-state index in [4.69, 9.17) is 5.11 Å². The smallest absolute Gasteiger partial charge is 0.329 e. The van der Waals surface area contributed by atoms with Gasteiger partial charge < -0.3 is 10.4 Å². The third-order valence-electron chi connectivity index (χ3n) is 1.81. The fraction of sp³-hybridized carbons (Fsp3) is 0.182. The van der Waals surface area contributed by atoms with E-state index in [9.17, 15) is 4.79 Å². The van der Waals surface area contributed by atoms with Crippen molar-refractivity contribution in [1.82, 2.24) is 0 Å². The van der Waals surface area contributed by atoms with Gasteiger partial charge in [-0.25, -0.2) is 4.79 Å². The lowest BCUT2D eigenvalue weighted by molar-refractivity contribution is -0.131. The molecule has 0 fully saturated rings. The van der Waals surface area contributed by atoms with Gasteiger partial charge in [0.1, 0.15) is 0 Å². The van der Waals surface area contributed by atoms with Gasteiger partial charge in [-0.05, 0) is 24.1 Å². The Balaban J connectivity index is 2.63. The molecule has 0 unspecified atom stereocenters. The van der Waals surface area contributed by atoms with Gasteiger partial charge in [0.2, 0.25) is 0 Å². The van der Waals surface area contributed by atoms with Crippen molar-refractivity contribution in [3.63, 3.8) is 0 Å². The Labute approximate surface area is 83.1 Å². The molecule has 0 spiro atoms. The van der Waals surface area contributed by atoms with Crippen LogP contribution in [0.1, 0.15) is 12.5 Å². The largest absolute Gasteiger partial charge is 0.478 e. The lowest BCUT2D eigenvalue weighted by Crippen LogP contribution is -1.92. The number of carboxylic acid groups (broad SMARTS) is 1. The average Bonchev–Trinajstić information content (AvgIpc) is 2.18. The van der Waals surface area contributed by atoms with Gasteiger partial charge in [0.05, 0.1) is 0 Å². The fourth-order valence-electron chi connectivity index (χ4n) is 1.09. The zero-order chi connectivity index (χ0) is 10.4. The molecule has 0 aliphatic heterocycles. The molecule has 1 aromatic carbocycles. The fourth-order valence-corrected chi connectivity index (χ4v) is 1.09. The van der Waals surface area contributed by atoms with Crippen molar-refractivity contribution in [3.8, 4) is 0 Å². The van der Waals surface area contributed by atoms with Crippen LogP contribution in [0.5, 0.6) is 0 Å². The number of hydrogen-bond donors (Lipinski definition) is 2. The van der Waals surface area contributed by atoms with E-state index >= 15 is 0 Å². The van der Waals surface area contributed by atoms with E-state index < -0.39 is 5.97 Å². The maximum atomic E-state index is 10.2. The minimum absolute atomic E-state index is 0.904. The summed E-state index contributed by atoms with van der Waals surface area (Å²) in [6, 6.07) is 7.86. The Morgan fingerprint density at radius 3 is 3.00 bits per heavy atom. The standard InChI is InChI=1S/C11H13NO2/c1-2-9-4-3-5-10(8-9)12-7-6-11(13)14/h3-8,12H,2H2,1H3,(H,13,14)/b7-6+. The summed E-state index contributed by atoms with van der Waals surface area (Å²) in [5.74, 6) is -0.954. The van der Waals surface area contributed by atoms with Crippen LogP contribution < -0.4 is 5.32 Å². The number of carbonyl (C=O) groups is 1. The molecule has 0 aliphatic rings. The monoisotopic (exact) mass is 191 g/mol. The van der Waals surface area contributed by atoms with Gasteiger partial charge in [0.15, 0.2) is 0 Å². The summed E-state index contributed by atoms with van der Waals surface area (Å²) in [6.07, 6.45) is 3.45. The van der Waals surface area contributed by atoms with Crippen LogP contribution in [0.3, 0.4) is 0 Å². The zero-order valence-corrected chi connectivity index (χ0v) is 8.03. The number of carboxylic acids is 1. The Morgan fingerprint density at radius 2 is 2.36 bits per heavy atom. The van der Waals surface area contributed by atoms with Crippen LogP contribution in [0, 0.1) is 0 Å². The van der Waals surface area contributed by atoms with E-state index in [-0.39, 0.29) is 0 Å². The number of rotatable bonds is 4. The maximum absolute atomic E-state index is 10.2. The first-order valence-corrected chi connectivity index (χ1v) is 4.47. The number of aryl methyl sites for hydroxylation is 1. The Hall–Kier alpha value is -1.77. The summed E-state index contributed by atoms with van der Waals surface area (Å²) in [5, 5.41) is 11.3. The molecule has 0 saturated heterocycles. The molecule has 2 N–H and O–H groups in total. The quantitative estimate of drug-likeness (QED) is 0.718. The van der Waals surface area contributed by atoms with E-state index in [1.807, 2.05) is 24.3 Å². The summed E-state index contributed by atoms with van der Waals surface area (Å²) in [7, 11) is 0. The molecule has 0 radical (unpaired) electrons. The molecule has 0 heterocycles. The predicted octanol–water partition coefficient (Wildman–Crippen LogP) is 2.26. The van der Waals surface area contributed by atoms with Gasteiger partial charge in [-0.15, -0.1) is 0 Å². The van der Waals surface area contributed by atoms with Crippen molar-refractivity contribution in [3.05, 3.63) is 42.1 Å². The van der Waals surface area contributed by atoms with Crippen LogP contribution in [-0.4, -0.2) is 11.1 Å². The predicted molar refractivity (Wildman–Crippen MR) is 56.2 cm³/mol. The molecule has 0 bridgehead atoms. The average molecular weight is 191 g/mol. The molecular formula is C11H13NO2. The van der Waals surface area contributed by atoms with Gasteiger partial charge in [0.25, 0.3) is 0 Å². The topological polar surface area (TPSA) is 49.3 Å². The summed E-state index contributed by atoms with van der Waals surface area (Å²) < 4.78 is 0. The molecule has 14 heavy (non-hydrogen) atoms. The number of hydrogen-bond acceptors (Lipinski definition) is 2. The zero-order valence-electron chi connectivity index (χ0n) is 8.03. The summed E-state index contributed by atoms with van der Waals surface area (Å²) >= 11 is 0. The number of aliphatic carboxylic acids is 1. The van der Waals surface area contributed by atoms with Crippen molar-refractivity contribution in [1.29, 1.82) is 0 Å². The third-order valence-corrected chi connectivity index (χ3v) is 1.81. The molecule has 1 rings (SSSR count). The van der Waals surface area contributed by atoms with Gasteiger partial charge in [0, 0.05) is 18.0 Å². The molecule has 1 aromatic rings. The van der Waals surface area contributed by atoms with Crippen molar-refractivity contribution >= 4 is 11.7 Å². The first kappa shape index (κ1) is 10.3. The molecule has 74 valence electrons. The highest BCUT2D eigenvalue weighted by Gasteiger charge is 1.91.